The lowest BCUT2D eigenvalue weighted by molar-refractivity contribution is 0.0956. The minimum absolute atomic E-state index is 0.107. The van der Waals surface area contributed by atoms with Crippen molar-refractivity contribution in [2.75, 3.05) is 31.3 Å². The Morgan fingerprint density at radius 1 is 1.06 bits per heavy atom. The number of anilines is 1. The molecule has 3 rings (SSSR count). The Bertz CT molecular complexity index is 1080. The first-order chi connectivity index (χ1) is 15.3. The Balaban J connectivity index is 1.74. The standard InChI is InChI=1S/C24H30N2O5S/c1-30-21-13-14-22(23(15-21)31-2)26(32(3,28)29)17-19-9-11-20(12-10-19)24(27)25-16-18-7-5-4-6-8-18/h7,9-15H,4-6,8,16-17H2,1-3H3,(H,25,27). The number of sulfonamides is 1. The maximum absolute atomic E-state index is 12.5. The molecule has 0 atom stereocenters. The smallest absolute Gasteiger partial charge is 0.251 e. The summed E-state index contributed by atoms with van der Waals surface area (Å²) >= 11 is 0. The van der Waals surface area contributed by atoms with E-state index in [0.717, 1.165) is 24.7 Å². The number of amides is 1. The third-order valence-corrected chi connectivity index (χ3v) is 6.59. The van der Waals surface area contributed by atoms with Gasteiger partial charge < -0.3 is 14.8 Å². The first-order valence-electron chi connectivity index (χ1n) is 10.6. The Morgan fingerprint density at radius 2 is 1.81 bits per heavy atom. The minimum Gasteiger partial charge on any atom is -0.497 e. The molecule has 0 fully saturated rings. The molecular weight excluding hydrogens is 428 g/mol. The van der Waals surface area contributed by atoms with Crippen LogP contribution in [0.1, 0.15) is 41.6 Å². The van der Waals surface area contributed by atoms with E-state index in [4.69, 9.17) is 9.47 Å². The van der Waals surface area contributed by atoms with Crippen molar-refractivity contribution in [2.45, 2.75) is 32.2 Å². The Morgan fingerprint density at radius 3 is 2.41 bits per heavy atom. The van der Waals surface area contributed by atoms with Crippen molar-refractivity contribution < 1.29 is 22.7 Å². The summed E-state index contributed by atoms with van der Waals surface area (Å²) in [6.07, 6.45) is 7.86. The monoisotopic (exact) mass is 458 g/mol. The molecule has 8 heteroatoms. The van der Waals surface area contributed by atoms with Gasteiger partial charge in [-0.2, -0.15) is 0 Å². The highest BCUT2D eigenvalue weighted by Gasteiger charge is 2.22. The molecule has 0 aliphatic heterocycles. The third kappa shape index (κ3) is 6.03. The summed E-state index contributed by atoms with van der Waals surface area (Å²) < 4.78 is 36.9. The van der Waals surface area contributed by atoms with Crippen LogP contribution < -0.4 is 19.1 Å². The summed E-state index contributed by atoms with van der Waals surface area (Å²) in [5.74, 6) is 0.820. The average molecular weight is 459 g/mol. The largest absolute Gasteiger partial charge is 0.497 e. The SMILES string of the molecule is COc1ccc(N(Cc2ccc(C(=O)NCC3=CCCCC3)cc2)S(C)(=O)=O)c(OC)c1. The number of carbonyl (C=O) groups is 1. The predicted octanol–water partition coefficient (Wildman–Crippen LogP) is 3.90. The van der Waals surface area contributed by atoms with Gasteiger partial charge in [0.15, 0.2) is 0 Å². The van der Waals surface area contributed by atoms with E-state index in [1.54, 1.807) is 42.5 Å². The van der Waals surface area contributed by atoms with Crippen molar-refractivity contribution in [3.8, 4) is 11.5 Å². The molecule has 0 aromatic heterocycles. The summed E-state index contributed by atoms with van der Waals surface area (Å²) in [5, 5.41) is 2.96. The Kier molecular flexibility index (Phi) is 7.80. The fourth-order valence-electron chi connectivity index (χ4n) is 3.66. The van der Waals surface area contributed by atoms with E-state index in [1.165, 1.54) is 36.9 Å². The van der Waals surface area contributed by atoms with Crippen molar-refractivity contribution in [1.82, 2.24) is 5.32 Å². The maximum Gasteiger partial charge on any atom is 0.251 e. The zero-order valence-corrected chi connectivity index (χ0v) is 19.6. The molecule has 7 nitrogen and oxygen atoms in total. The summed E-state index contributed by atoms with van der Waals surface area (Å²) in [6, 6.07) is 11.9. The van der Waals surface area contributed by atoms with Gasteiger partial charge in [0.05, 0.1) is 32.7 Å². The van der Waals surface area contributed by atoms with Gasteiger partial charge in [0, 0.05) is 18.2 Å². The fraction of sp³-hybridized carbons (Fsp3) is 0.375. The number of nitrogens with zero attached hydrogens (tertiary/aromatic N) is 1. The van der Waals surface area contributed by atoms with Crippen LogP contribution in [0.4, 0.5) is 5.69 Å². The number of hydrogen-bond acceptors (Lipinski definition) is 5. The Hall–Kier alpha value is -3.00. The predicted molar refractivity (Wildman–Crippen MR) is 126 cm³/mol. The summed E-state index contributed by atoms with van der Waals surface area (Å²) in [6.45, 7) is 0.677. The molecule has 0 saturated heterocycles. The van der Waals surface area contributed by atoms with Crippen LogP contribution in [0.3, 0.4) is 0 Å². The van der Waals surface area contributed by atoms with Crippen molar-refractivity contribution in [2.24, 2.45) is 0 Å². The molecule has 0 spiro atoms. The van der Waals surface area contributed by atoms with Gasteiger partial charge in [-0.3, -0.25) is 9.10 Å². The highest BCUT2D eigenvalue weighted by Crippen LogP contribution is 2.34. The van der Waals surface area contributed by atoms with Crippen LogP contribution in [0, 0.1) is 0 Å². The van der Waals surface area contributed by atoms with Crippen molar-refractivity contribution >= 4 is 21.6 Å². The van der Waals surface area contributed by atoms with E-state index in [1.807, 2.05) is 0 Å². The summed E-state index contributed by atoms with van der Waals surface area (Å²) in [5.41, 5.74) is 2.98. The molecule has 172 valence electrons. The number of allylic oxidation sites excluding steroid dienone is 1. The number of benzene rings is 2. The van der Waals surface area contributed by atoms with Gasteiger partial charge >= 0.3 is 0 Å². The fourth-order valence-corrected chi connectivity index (χ4v) is 4.55. The molecule has 0 heterocycles. The summed E-state index contributed by atoms with van der Waals surface area (Å²) in [4.78, 5) is 12.5. The number of ether oxygens (including phenoxy) is 2. The van der Waals surface area contributed by atoms with Crippen LogP contribution in [0.15, 0.2) is 54.1 Å². The van der Waals surface area contributed by atoms with E-state index in [-0.39, 0.29) is 12.5 Å². The average Bonchev–Trinajstić information content (AvgIpc) is 2.81. The minimum atomic E-state index is -3.59. The number of rotatable bonds is 9. The second kappa shape index (κ2) is 10.5. The Labute approximate surface area is 190 Å². The quantitative estimate of drug-likeness (QED) is 0.576. The highest BCUT2D eigenvalue weighted by atomic mass is 32.2. The van der Waals surface area contributed by atoms with Crippen molar-refractivity contribution in [3.05, 3.63) is 65.2 Å². The normalized spacial score (nSPS) is 13.8. The van der Waals surface area contributed by atoms with Gasteiger partial charge in [-0.05, 0) is 55.5 Å². The van der Waals surface area contributed by atoms with Gasteiger partial charge in [0.25, 0.3) is 5.91 Å². The lowest BCUT2D eigenvalue weighted by Crippen LogP contribution is -2.30. The van der Waals surface area contributed by atoms with E-state index >= 15 is 0 Å². The zero-order chi connectivity index (χ0) is 23.1. The molecule has 1 N–H and O–H groups in total. The van der Waals surface area contributed by atoms with E-state index in [0.29, 0.717) is 29.3 Å². The molecule has 2 aromatic rings. The van der Waals surface area contributed by atoms with E-state index in [9.17, 15) is 13.2 Å². The van der Waals surface area contributed by atoms with Gasteiger partial charge in [-0.25, -0.2) is 8.42 Å². The molecule has 32 heavy (non-hydrogen) atoms. The van der Waals surface area contributed by atoms with Gasteiger partial charge in [0.1, 0.15) is 11.5 Å². The van der Waals surface area contributed by atoms with E-state index in [2.05, 4.69) is 11.4 Å². The van der Waals surface area contributed by atoms with Crippen LogP contribution in [0.2, 0.25) is 0 Å². The molecule has 1 amide bonds. The first-order valence-corrected chi connectivity index (χ1v) is 12.4. The number of carbonyl (C=O) groups excluding carboxylic acids is 1. The van der Waals surface area contributed by atoms with Crippen molar-refractivity contribution in [1.29, 1.82) is 0 Å². The van der Waals surface area contributed by atoms with Crippen LogP contribution in [-0.2, 0) is 16.6 Å². The van der Waals surface area contributed by atoms with Gasteiger partial charge in [-0.1, -0.05) is 23.8 Å². The molecule has 0 bridgehead atoms. The highest BCUT2D eigenvalue weighted by molar-refractivity contribution is 7.92. The molecule has 0 radical (unpaired) electrons. The van der Waals surface area contributed by atoms with Gasteiger partial charge in [-0.15, -0.1) is 0 Å². The molecule has 0 saturated carbocycles. The zero-order valence-electron chi connectivity index (χ0n) is 18.8. The lowest BCUT2D eigenvalue weighted by Gasteiger charge is -2.24. The van der Waals surface area contributed by atoms with Crippen LogP contribution in [0.25, 0.3) is 0 Å². The van der Waals surface area contributed by atoms with Gasteiger partial charge in [0.2, 0.25) is 10.0 Å². The third-order valence-electron chi connectivity index (χ3n) is 5.46. The van der Waals surface area contributed by atoms with Crippen LogP contribution in [-0.4, -0.2) is 41.3 Å². The number of methoxy groups -OCH3 is 2. The molecule has 2 aromatic carbocycles. The molecule has 1 aliphatic carbocycles. The number of nitrogens with one attached hydrogen (secondary N) is 1. The van der Waals surface area contributed by atoms with Crippen LogP contribution >= 0.6 is 0 Å². The van der Waals surface area contributed by atoms with Crippen LogP contribution in [0.5, 0.6) is 11.5 Å². The maximum atomic E-state index is 12.5. The number of hydrogen-bond donors (Lipinski definition) is 1. The second-order valence-electron chi connectivity index (χ2n) is 7.80. The second-order valence-corrected chi connectivity index (χ2v) is 9.70. The summed E-state index contributed by atoms with van der Waals surface area (Å²) in [7, 11) is -0.573. The molecule has 0 unspecified atom stereocenters. The molecule has 1 aliphatic rings. The first kappa shape index (κ1) is 23.7. The topological polar surface area (TPSA) is 84.9 Å². The van der Waals surface area contributed by atoms with E-state index < -0.39 is 10.0 Å². The van der Waals surface area contributed by atoms with Crippen molar-refractivity contribution in [3.63, 3.8) is 0 Å². The lowest BCUT2D eigenvalue weighted by atomic mass is 9.99. The molecular formula is C24H30N2O5S.